The zero-order valence-electron chi connectivity index (χ0n) is 10.9. The van der Waals surface area contributed by atoms with Gasteiger partial charge in [-0.15, -0.1) is 0 Å². The fourth-order valence-corrected chi connectivity index (χ4v) is 5.99. The molecule has 1 aromatic carbocycles. The Morgan fingerprint density at radius 1 is 1.29 bits per heavy atom. The summed E-state index contributed by atoms with van der Waals surface area (Å²) in [5.41, 5.74) is 0.746. The lowest BCUT2D eigenvalue weighted by Gasteiger charge is -2.23. The lowest BCUT2D eigenvalue weighted by atomic mass is 10.2. The zero-order chi connectivity index (χ0) is 15.7. The van der Waals surface area contributed by atoms with Crippen LogP contribution in [-0.4, -0.2) is 33.6 Å². The highest BCUT2D eigenvalue weighted by molar-refractivity contribution is 9.10. The third kappa shape index (κ3) is 3.96. The summed E-state index contributed by atoms with van der Waals surface area (Å²) in [6.45, 7) is 0. The van der Waals surface area contributed by atoms with Crippen molar-refractivity contribution in [2.75, 3.05) is 16.2 Å². The molecule has 0 amide bonds. The molecule has 1 heterocycles. The summed E-state index contributed by atoms with van der Waals surface area (Å²) in [5.74, 6) is -0.208. The van der Waals surface area contributed by atoms with E-state index in [0.717, 1.165) is 0 Å². The number of nitrogens with one attached hydrogen (secondary N) is 1. The maximum absolute atomic E-state index is 12.3. The van der Waals surface area contributed by atoms with E-state index in [2.05, 4.69) is 20.7 Å². The predicted molar refractivity (Wildman–Crippen MR) is 83.1 cm³/mol. The van der Waals surface area contributed by atoms with Gasteiger partial charge in [0.25, 0.3) is 0 Å². The van der Waals surface area contributed by atoms with E-state index in [-0.39, 0.29) is 24.3 Å². The molecule has 1 saturated heterocycles. The van der Waals surface area contributed by atoms with Gasteiger partial charge >= 0.3 is 0 Å². The number of hydrogen-bond acceptors (Lipinski definition) is 5. The molecule has 0 spiro atoms. The highest BCUT2D eigenvalue weighted by Gasteiger charge is 2.33. The van der Waals surface area contributed by atoms with Crippen LogP contribution >= 0.6 is 15.9 Å². The Balaban J connectivity index is 2.17. The number of halogens is 1. The SMILES string of the molecule is N#Cc1ccc(NS(=O)(=O)C2CCS(=O)(=O)CC2)c(Br)c1. The number of sulfonamides is 1. The minimum atomic E-state index is -3.66. The Morgan fingerprint density at radius 2 is 1.90 bits per heavy atom. The molecular weight excluding hydrogens is 380 g/mol. The fourth-order valence-electron chi connectivity index (χ4n) is 2.08. The van der Waals surface area contributed by atoms with Crippen LogP contribution in [0.2, 0.25) is 0 Å². The van der Waals surface area contributed by atoms with E-state index in [1.165, 1.54) is 18.2 Å². The summed E-state index contributed by atoms with van der Waals surface area (Å²) in [5, 5.41) is 8.05. The molecular formula is C12H13BrN2O4S2. The van der Waals surface area contributed by atoms with E-state index in [0.29, 0.717) is 15.7 Å². The Morgan fingerprint density at radius 3 is 2.43 bits per heavy atom. The number of benzene rings is 1. The first kappa shape index (κ1) is 16.3. The van der Waals surface area contributed by atoms with Crippen LogP contribution in [0.25, 0.3) is 0 Å². The van der Waals surface area contributed by atoms with E-state index in [9.17, 15) is 16.8 Å². The van der Waals surface area contributed by atoms with Gasteiger partial charge in [0.2, 0.25) is 10.0 Å². The van der Waals surface area contributed by atoms with Crippen molar-refractivity contribution in [3.8, 4) is 6.07 Å². The van der Waals surface area contributed by atoms with Gasteiger partial charge in [0.1, 0.15) is 9.84 Å². The number of nitriles is 1. The average Bonchev–Trinajstić information content (AvgIpc) is 2.40. The molecule has 1 aliphatic heterocycles. The molecule has 1 N–H and O–H groups in total. The summed E-state index contributed by atoms with van der Waals surface area (Å²) in [7, 11) is -6.76. The molecule has 1 aliphatic rings. The van der Waals surface area contributed by atoms with Gasteiger partial charge in [-0.3, -0.25) is 4.72 Å². The van der Waals surface area contributed by atoms with Crippen molar-refractivity contribution in [1.82, 2.24) is 0 Å². The second-order valence-electron chi connectivity index (χ2n) is 4.80. The van der Waals surface area contributed by atoms with E-state index in [4.69, 9.17) is 5.26 Å². The van der Waals surface area contributed by atoms with Crippen LogP contribution in [0.15, 0.2) is 22.7 Å². The number of anilines is 1. The van der Waals surface area contributed by atoms with Crippen molar-refractivity contribution in [1.29, 1.82) is 5.26 Å². The van der Waals surface area contributed by atoms with Gasteiger partial charge in [-0.2, -0.15) is 5.26 Å². The van der Waals surface area contributed by atoms with E-state index in [1.807, 2.05) is 6.07 Å². The van der Waals surface area contributed by atoms with E-state index < -0.39 is 25.1 Å². The monoisotopic (exact) mass is 392 g/mol. The molecule has 1 aromatic rings. The van der Waals surface area contributed by atoms with E-state index >= 15 is 0 Å². The molecule has 9 heteroatoms. The van der Waals surface area contributed by atoms with Crippen LogP contribution in [0, 0.1) is 11.3 Å². The van der Waals surface area contributed by atoms with Gasteiger partial charge in [-0.05, 0) is 47.0 Å². The van der Waals surface area contributed by atoms with Crippen LogP contribution < -0.4 is 4.72 Å². The Hall–Kier alpha value is -1.11. The number of nitrogens with zero attached hydrogens (tertiary/aromatic N) is 1. The zero-order valence-corrected chi connectivity index (χ0v) is 14.1. The molecule has 0 aromatic heterocycles. The third-order valence-electron chi connectivity index (χ3n) is 3.29. The first-order valence-electron chi connectivity index (χ1n) is 6.15. The van der Waals surface area contributed by atoms with Gasteiger partial charge in [-0.25, -0.2) is 16.8 Å². The average molecular weight is 393 g/mol. The van der Waals surface area contributed by atoms with Crippen molar-refractivity contribution >= 4 is 41.5 Å². The smallest absolute Gasteiger partial charge is 0.235 e. The Bertz CT molecular complexity index is 783. The lowest BCUT2D eigenvalue weighted by molar-refractivity contribution is 0.555. The molecule has 21 heavy (non-hydrogen) atoms. The minimum Gasteiger partial charge on any atom is -0.282 e. The van der Waals surface area contributed by atoms with Gasteiger partial charge in [0, 0.05) is 4.47 Å². The van der Waals surface area contributed by atoms with Crippen LogP contribution in [0.3, 0.4) is 0 Å². The highest BCUT2D eigenvalue weighted by Crippen LogP contribution is 2.27. The molecule has 0 bridgehead atoms. The topological polar surface area (TPSA) is 104 Å². The number of sulfone groups is 1. The molecule has 6 nitrogen and oxygen atoms in total. The summed E-state index contributed by atoms with van der Waals surface area (Å²) in [4.78, 5) is 0. The van der Waals surface area contributed by atoms with Crippen LogP contribution in [0.1, 0.15) is 18.4 Å². The first-order chi connectivity index (χ1) is 9.73. The van der Waals surface area contributed by atoms with Crippen LogP contribution in [0.5, 0.6) is 0 Å². The molecule has 0 unspecified atom stereocenters. The Kier molecular flexibility index (Phi) is 4.60. The second-order valence-corrected chi connectivity index (χ2v) is 9.92. The van der Waals surface area contributed by atoms with Crippen molar-refractivity contribution < 1.29 is 16.8 Å². The molecule has 0 radical (unpaired) electrons. The van der Waals surface area contributed by atoms with Crippen molar-refractivity contribution in [3.63, 3.8) is 0 Å². The molecule has 2 rings (SSSR count). The van der Waals surface area contributed by atoms with Crippen LogP contribution in [-0.2, 0) is 19.9 Å². The van der Waals surface area contributed by atoms with Gasteiger partial charge in [0.05, 0.1) is 34.1 Å². The summed E-state index contributed by atoms with van der Waals surface area (Å²) < 4.78 is 50.2. The van der Waals surface area contributed by atoms with Gasteiger partial charge in [-0.1, -0.05) is 0 Å². The number of rotatable bonds is 3. The van der Waals surface area contributed by atoms with E-state index in [1.54, 1.807) is 0 Å². The Labute approximate surface area is 132 Å². The predicted octanol–water partition coefficient (Wildman–Crippen LogP) is 1.64. The third-order valence-corrected chi connectivity index (χ3v) is 7.52. The summed E-state index contributed by atoms with van der Waals surface area (Å²) in [6, 6.07) is 6.48. The van der Waals surface area contributed by atoms with Crippen LogP contribution in [0.4, 0.5) is 5.69 Å². The standard InChI is InChI=1S/C12H13BrN2O4S2/c13-11-7-9(8-14)1-2-12(11)15-21(18,19)10-3-5-20(16,17)6-4-10/h1-2,7,10,15H,3-6H2. The van der Waals surface area contributed by atoms with Crippen molar-refractivity contribution in [2.45, 2.75) is 18.1 Å². The maximum atomic E-state index is 12.3. The first-order valence-corrected chi connectivity index (χ1v) is 10.3. The lowest BCUT2D eigenvalue weighted by Crippen LogP contribution is -2.36. The number of hydrogen-bond donors (Lipinski definition) is 1. The summed E-state index contributed by atoms with van der Waals surface area (Å²) in [6.07, 6.45) is 0.205. The largest absolute Gasteiger partial charge is 0.282 e. The summed E-state index contributed by atoms with van der Waals surface area (Å²) >= 11 is 3.21. The molecule has 0 atom stereocenters. The second kappa shape index (κ2) is 5.94. The normalized spacial score (nSPS) is 18.9. The minimum absolute atomic E-state index is 0.103. The van der Waals surface area contributed by atoms with Crippen molar-refractivity contribution in [2.24, 2.45) is 0 Å². The molecule has 0 saturated carbocycles. The quantitative estimate of drug-likeness (QED) is 0.841. The van der Waals surface area contributed by atoms with Gasteiger partial charge < -0.3 is 0 Å². The fraction of sp³-hybridized carbons (Fsp3) is 0.417. The molecule has 114 valence electrons. The van der Waals surface area contributed by atoms with Crippen molar-refractivity contribution in [3.05, 3.63) is 28.2 Å². The van der Waals surface area contributed by atoms with Gasteiger partial charge in [0.15, 0.2) is 0 Å². The molecule has 0 aliphatic carbocycles. The highest BCUT2D eigenvalue weighted by atomic mass is 79.9. The maximum Gasteiger partial charge on any atom is 0.235 e. The molecule has 1 fully saturated rings.